The lowest BCUT2D eigenvalue weighted by Gasteiger charge is -2.01. The maximum Gasteiger partial charge on any atom is 0.0471 e. The van der Waals surface area contributed by atoms with Crippen LogP contribution in [0.15, 0.2) is 59.3 Å². The summed E-state index contributed by atoms with van der Waals surface area (Å²) in [5.74, 6) is 0. The predicted molar refractivity (Wildman–Crippen MR) is 79.1 cm³/mol. The van der Waals surface area contributed by atoms with Crippen LogP contribution in [0.5, 0.6) is 0 Å². The van der Waals surface area contributed by atoms with E-state index in [9.17, 15) is 0 Å². The van der Waals surface area contributed by atoms with Crippen molar-refractivity contribution in [1.29, 1.82) is 0 Å². The van der Waals surface area contributed by atoms with Crippen LogP contribution in [0, 0.1) is 0 Å². The van der Waals surface area contributed by atoms with E-state index < -0.39 is 0 Å². The number of benzene rings is 2. The Hall–Kier alpha value is -2.06. The number of aromatic amines is 1. The number of fused-ring (bicyclic) bond motifs is 3. The minimum Gasteiger partial charge on any atom is -0.354 e. The molecule has 0 amide bonds. The highest BCUT2D eigenvalue weighted by atomic mass is 32.1. The molecule has 1 N–H and O–H groups in total. The predicted octanol–water partition coefficient (Wildman–Crippen LogP) is 5.05. The molecule has 0 unspecified atom stereocenters. The van der Waals surface area contributed by atoms with E-state index in [2.05, 4.69) is 64.3 Å². The largest absolute Gasteiger partial charge is 0.354 e. The fourth-order valence-electron chi connectivity index (χ4n) is 2.56. The van der Waals surface area contributed by atoms with Gasteiger partial charge in [-0.2, -0.15) is 11.3 Å². The minimum atomic E-state index is 1.20. The smallest absolute Gasteiger partial charge is 0.0471 e. The van der Waals surface area contributed by atoms with Crippen LogP contribution in [0.2, 0.25) is 0 Å². The Bertz CT molecular complexity index is 825. The van der Waals surface area contributed by atoms with Gasteiger partial charge in [-0.3, -0.25) is 0 Å². The monoisotopic (exact) mass is 249 g/mol. The highest BCUT2D eigenvalue weighted by Gasteiger charge is 2.09. The molecule has 2 heteroatoms. The van der Waals surface area contributed by atoms with Crippen LogP contribution in [0.25, 0.3) is 32.9 Å². The molecule has 0 aliphatic rings. The van der Waals surface area contributed by atoms with Crippen molar-refractivity contribution < 1.29 is 0 Å². The summed E-state index contributed by atoms with van der Waals surface area (Å²) in [6.45, 7) is 0. The number of hydrogen-bond acceptors (Lipinski definition) is 1. The first kappa shape index (κ1) is 9.92. The average Bonchev–Trinajstić information content (AvgIpc) is 3.05. The number of hydrogen-bond donors (Lipinski definition) is 1. The van der Waals surface area contributed by atoms with Crippen LogP contribution in [0.3, 0.4) is 0 Å². The Balaban J connectivity index is 2.21. The van der Waals surface area contributed by atoms with E-state index >= 15 is 0 Å². The molecule has 2 aromatic carbocycles. The molecule has 86 valence electrons. The second kappa shape index (κ2) is 3.72. The van der Waals surface area contributed by atoms with Crippen LogP contribution < -0.4 is 0 Å². The first-order valence-corrected chi connectivity index (χ1v) is 6.90. The first-order chi connectivity index (χ1) is 8.93. The van der Waals surface area contributed by atoms with Gasteiger partial charge in [-0.25, -0.2) is 0 Å². The molecule has 0 aliphatic heterocycles. The van der Waals surface area contributed by atoms with Gasteiger partial charge in [-0.15, -0.1) is 0 Å². The van der Waals surface area contributed by atoms with E-state index in [0.29, 0.717) is 0 Å². The van der Waals surface area contributed by atoms with Crippen molar-refractivity contribution in [2.45, 2.75) is 0 Å². The highest BCUT2D eigenvalue weighted by Crippen LogP contribution is 2.35. The van der Waals surface area contributed by atoms with Gasteiger partial charge in [0.2, 0.25) is 0 Å². The fraction of sp³-hybridized carbons (Fsp3) is 0. The summed E-state index contributed by atoms with van der Waals surface area (Å²) in [5.41, 5.74) is 5.02. The zero-order valence-electron chi connectivity index (χ0n) is 9.68. The van der Waals surface area contributed by atoms with Crippen LogP contribution in [-0.4, -0.2) is 4.98 Å². The summed E-state index contributed by atoms with van der Waals surface area (Å²) in [6.07, 6.45) is 0. The zero-order valence-corrected chi connectivity index (χ0v) is 10.5. The summed E-state index contributed by atoms with van der Waals surface area (Å²) in [7, 11) is 0. The van der Waals surface area contributed by atoms with Crippen molar-refractivity contribution >= 4 is 33.1 Å². The number of para-hydroxylation sites is 1. The van der Waals surface area contributed by atoms with Gasteiger partial charge >= 0.3 is 0 Å². The number of aromatic nitrogens is 1. The lowest BCUT2D eigenvalue weighted by atomic mass is 10.0. The van der Waals surface area contributed by atoms with Gasteiger partial charge in [-0.1, -0.05) is 30.3 Å². The molecule has 0 fully saturated rings. The van der Waals surface area contributed by atoms with Gasteiger partial charge in [-0.05, 0) is 40.1 Å². The summed E-state index contributed by atoms with van der Waals surface area (Å²) < 4.78 is 0. The van der Waals surface area contributed by atoms with Crippen LogP contribution >= 0.6 is 11.3 Å². The average molecular weight is 249 g/mol. The normalized spacial score (nSPS) is 11.3. The van der Waals surface area contributed by atoms with E-state index in [-0.39, 0.29) is 0 Å². The van der Waals surface area contributed by atoms with Gasteiger partial charge in [0.1, 0.15) is 0 Å². The highest BCUT2D eigenvalue weighted by molar-refractivity contribution is 7.08. The summed E-state index contributed by atoms with van der Waals surface area (Å²) in [5, 5.41) is 6.96. The molecule has 0 atom stereocenters. The third kappa shape index (κ3) is 1.33. The van der Waals surface area contributed by atoms with Crippen molar-refractivity contribution in [3.05, 3.63) is 59.3 Å². The van der Waals surface area contributed by atoms with E-state index in [1.54, 1.807) is 11.3 Å². The Morgan fingerprint density at radius 3 is 2.61 bits per heavy atom. The van der Waals surface area contributed by atoms with Crippen molar-refractivity contribution in [2.24, 2.45) is 0 Å². The first-order valence-electron chi connectivity index (χ1n) is 5.95. The Labute approximate surface area is 109 Å². The molecule has 18 heavy (non-hydrogen) atoms. The maximum absolute atomic E-state index is 3.48. The van der Waals surface area contributed by atoms with E-state index in [1.165, 1.54) is 32.9 Å². The SMILES string of the molecule is c1ccc2c(c1)[nH]c1cccc(-c3ccsc3)c12. The van der Waals surface area contributed by atoms with Gasteiger partial charge < -0.3 is 4.98 Å². The molecule has 0 bridgehead atoms. The van der Waals surface area contributed by atoms with Crippen molar-refractivity contribution in [3.63, 3.8) is 0 Å². The topological polar surface area (TPSA) is 15.8 Å². The molecule has 4 rings (SSSR count). The van der Waals surface area contributed by atoms with Crippen molar-refractivity contribution in [3.8, 4) is 11.1 Å². The second-order valence-electron chi connectivity index (χ2n) is 4.41. The van der Waals surface area contributed by atoms with Gasteiger partial charge in [0, 0.05) is 21.8 Å². The van der Waals surface area contributed by atoms with Crippen molar-refractivity contribution in [2.75, 3.05) is 0 Å². The van der Waals surface area contributed by atoms with Gasteiger partial charge in [0.05, 0.1) is 0 Å². The second-order valence-corrected chi connectivity index (χ2v) is 5.19. The molecule has 2 heterocycles. The molecule has 0 saturated carbocycles. The van der Waals surface area contributed by atoms with Gasteiger partial charge in [0.25, 0.3) is 0 Å². The molecule has 1 nitrogen and oxygen atoms in total. The molecule has 0 saturated heterocycles. The van der Waals surface area contributed by atoms with Crippen molar-refractivity contribution in [1.82, 2.24) is 4.98 Å². The van der Waals surface area contributed by atoms with E-state index in [1.807, 2.05) is 0 Å². The van der Waals surface area contributed by atoms with E-state index in [0.717, 1.165) is 0 Å². The summed E-state index contributed by atoms with van der Waals surface area (Å²) in [6, 6.07) is 17.1. The number of rotatable bonds is 1. The van der Waals surface area contributed by atoms with Gasteiger partial charge in [0.15, 0.2) is 0 Å². The quantitative estimate of drug-likeness (QED) is 0.486. The molecule has 2 aromatic heterocycles. The molecule has 0 spiro atoms. The van der Waals surface area contributed by atoms with Crippen LogP contribution in [-0.2, 0) is 0 Å². The lowest BCUT2D eigenvalue weighted by molar-refractivity contribution is 1.55. The van der Waals surface area contributed by atoms with Crippen LogP contribution in [0.4, 0.5) is 0 Å². The number of thiophene rings is 1. The molecule has 0 radical (unpaired) electrons. The number of nitrogens with one attached hydrogen (secondary N) is 1. The third-order valence-corrected chi connectivity index (χ3v) is 4.05. The molecule has 4 aromatic rings. The van der Waals surface area contributed by atoms with E-state index in [4.69, 9.17) is 0 Å². The third-order valence-electron chi connectivity index (χ3n) is 3.36. The Morgan fingerprint density at radius 2 is 1.72 bits per heavy atom. The Morgan fingerprint density at radius 1 is 0.833 bits per heavy atom. The Kier molecular flexibility index (Phi) is 2.05. The maximum atomic E-state index is 3.48. The summed E-state index contributed by atoms with van der Waals surface area (Å²) in [4.78, 5) is 3.48. The minimum absolute atomic E-state index is 1.20. The fourth-order valence-corrected chi connectivity index (χ4v) is 3.22. The zero-order chi connectivity index (χ0) is 11.9. The van der Waals surface area contributed by atoms with Crippen LogP contribution in [0.1, 0.15) is 0 Å². The standard InChI is InChI=1S/C16H11NS/c1-2-6-14-13(4-1)16-12(11-8-9-18-10-11)5-3-7-15(16)17-14/h1-10,17H. The molecular formula is C16H11NS. The summed E-state index contributed by atoms with van der Waals surface area (Å²) >= 11 is 1.74. The number of H-pyrrole nitrogens is 1. The molecule has 0 aliphatic carbocycles. The lowest BCUT2D eigenvalue weighted by Crippen LogP contribution is -1.75. The molecular weight excluding hydrogens is 238 g/mol.